The fraction of sp³-hybridized carbons (Fsp3) is 0.944. The van der Waals surface area contributed by atoms with Gasteiger partial charge in [-0.3, -0.25) is 4.99 Å². The van der Waals surface area contributed by atoms with Crippen molar-refractivity contribution in [3.63, 3.8) is 0 Å². The quantitative estimate of drug-likeness (QED) is 0.231. The Balaban J connectivity index is 0.00000312. The van der Waals surface area contributed by atoms with Gasteiger partial charge in [-0.15, -0.1) is 24.0 Å². The summed E-state index contributed by atoms with van der Waals surface area (Å²) in [5.74, 6) is 0.813. The van der Waals surface area contributed by atoms with Crippen LogP contribution in [0.3, 0.4) is 0 Å². The number of aliphatic hydroxyl groups is 1. The highest BCUT2D eigenvalue weighted by Gasteiger charge is 2.29. The Hall–Kier alpha value is -0.120. The lowest BCUT2D eigenvalue weighted by atomic mass is 9.95. The summed E-state index contributed by atoms with van der Waals surface area (Å²) in [4.78, 5) is 7.17. The molecule has 0 radical (unpaired) electrons. The van der Waals surface area contributed by atoms with Gasteiger partial charge in [0.2, 0.25) is 0 Å². The van der Waals surface area contributed by atoms with Crippen LogP contribution in [-0.2, 0) is 4.74 Å². The summed E-state index contributed by atoms with van der Waals surface area (Å²) in [6, 6.07) is 0. The fourth-order valence-corrected chi connectivity index (χ4v) is 3.35. The molecule has 0 aromatic heterocycles. The van der Waals surface area contributed by atoms with Crippen molar-refractivity contribution in [1.29, 1.82) is 0 Å². The molecule has 0 aliphatic carbocycles. The number of ether oxygens (including phenoxy) is 1. The Kier molecular flexibility index (Phi) is 12.0. The lowest BCUT2D eigenvalue weighted by molar-refractivity contribution is -0.0565. The fourth-order valence-electron chi connectivity index (χ4n) is 3.35. The molecule has 2 rings (SSSR count). The zero-order valence-electron chi connectivity index (χ0n) is 15.8. The molecule has 2 aliphatic heterocycles. The largest absolute Gasteiger partial charge is 0.388 e. The molecule has 2 fully saturated rings. The number of nitrogens with zero attached hydrogens (tertiary/aromatic N) is 2. The van der Waals surface area contributed by atoms with Crippen LogP contribution in [0.15, 0.2) is 4.99 Å². The topological polar surface area (TPSA) is 69.1 Å². The third-order valence-corrected chi connectivity index (χ3v) is 4.94. The standard InChI is InChI=1S/C18H36N4O2.HI/c1-2-19-17(21-16-18(23)8-14-24-15-9-18)20-10-7-13-22-11-5-3-4-6-12-22;/h23H,2-16H2,1H3,(H2,19,20,21);1H. The van der Waals surface area contributed by atoms with E-state index in [9.17, 15) is 5.11 Å². The van der Waals surface area contributed by atoms with Gasteiger partial charge in [0.25, 0.3) is 0 Å². The molecule has 25 heavy (non-hydrogen) atoms. The minimum atomic E-state index is -0.702. The van der Waals surface area contributed by atoms with E-state index < -0.39 is 5.60 Å². The molecule has 0 aromatic carbocycles. The van der Waals surface area contributed by atoms with Gasteiger partial charge in [-0.1, -0.05) is 12.8 Å². The maximum atomic E-state index is 10.5. The summed E-state index contributed by atoms with van der Waals surface area (Å²) in [6.07, 6.45) is 7.94. The predicted molar refractivity (Wildman–Crippen MR) is 114 cm³/mol. The molecule has 7 heteroatoms. The summed E-state index contributed by atoms with van der Waals surface area (Å²) in [5, 5.41) is 17.2. The van der Waals surface area contributed by atoms with Crippen molar-refractivity contribution in [2.75, 3.05) is 52.5 Å². The first kappa shape index (κ1) is 22.9. The SMILES string of the molecule is CCNC(=NCC1(O)CCOCC1)NCCCN1CCCCCC1.I. The van der Waals surface area contributed by atoms with E-state index in [0.717, 1.165) is 32.0 Å². The Morgan fingerprint density at radius 1 is 1.12 bits per heavy atom. The Labute approximate surface area is 170 Å². The maximum absolute atomic E-state index is 10.5. The minimum Gasteiger partial charge on any atom is -0.388 e. The van der Waals surface area contributed by atoms with Crippen molar-refractivity contribution in [1.82, 2.24) is 15.5 Å². The van der Waals surface area contributed by atoms with E-state index in [-0.39, 0.29) is 24.0 Å². The monoisotopic (exact) mass is 468 g/mol. The Morgan fingerprint density at radius 2 is 1.80 bits per heavy atom. The van der Waals surface area contributed by atoms with E-state index in [0.29, 0.717) is 32.6 Å². The number of likely N-dealkylation sites (tertiary alicyclic amines) is 1. The van der Waals surface area contributed by atoms with E-state index in [2.05, 4.69) is 27.4 Å². The van der Waals surface area contributed by atoms with Crippen LogP contribution in [0.2, 0.25) is 0 Å². The second-order valence-corrected chi connectivity index (χ2v) is 7.07. The molecule has 0 bridgehead atoms. The van der Waals surface area contributed by atoms with Crippen LogP contribution in [0.25, 0.3) is 0 Å². The zero-order valence-corrected chi connectivity index (χ0v) is 18.1. The highest BCUT2D eigenvalue weighted by atomic mass is 127. The van der Waals surface area contributed by atoms with Gasteiger partial charge in [0.1, 0.15) is 0 Å². The predicted octanol–water partition coefficient (Wildman–Crippen LogP) is 1.97. The minimum absolute atomic E-state index is 0. The summed E-state index contributed by atoms with van der Waals surface area (Å²) in [6.45, 7) is 9.19. The third-order valence-electron chi connectivity index (χ3n) is 4.94. The van der Waals surface area contributed by atoms with Crippen molar-refractivity contribution < 1.29 is 9.84 Å². The highest BCUT2D eigenvalue weighted by molar-refractivity contribution is 14.0. The number of aliphatic imine (C=N–C) groups is 1. The molecule has 2 heterocycles. The molecule has 3 N–H and O–H groups in total. The molecule has 0 spiro atoms. The molecule has 0 unspecified atom stereocenters. The summed E-state index contributed by atoms with van der Waals surface area (Å²) < 4.78 is 5.32. The first-order valence-electron chi connectivity index (χ1n) is 9.76. The molecule has 2 aliphatic rings. The molecular formula is C18H37IN4O2. The van der Waals surface area contributed by atoms with Crippen molar-refractivity contribution >= 4 is 29.9 Å². The van der Waals surface area contributed by atoms with E-state index >= 15 is 0 Å². The van der Waals surface area contributed by atoms with Crippen LogP contribution in [0.5, 0.6) is 0 Å². The van der Waals surface area contributed by atoms with E-state index in [4.69, 9.17) is 4.74 Å². The average Bonchev–Trinajstić information content (AvgIpc) is 2.86. The first-order chi connectivity index (χ1) is 11.7. The molecule has 2 saturated heterocycles. The van der Waals surface area contributed by atoms with Gasteiger partial charge < -0.3 is 25.4 Å². The van der Waals surface area contributed by atoms with Gasteiger partial charge in [-0.05, 0) is 45.8 Å². The number of rotatable bonds is 7. The van der Waals surface area contributed by atoms with Crippen LogP contribution < -0.4 is 10.6 Å². The summed E-state index contributed by atoms with van der Waals surface area (Å²) >= 11 is 0. The third kappa shape index (κ3) is 9.40. The van der Waals surface area contributed by atoms with Gasteiger partial charge in [-0.25, -0.2) is 0 Å². The normalized spacial score (nSPS) is 21.9. The van der Waals surface area contributed by atoms with E-state index in [1.807, 2.05) is 0 Å². The van der Waals surface area contributed by atoms with Crippen molar-refractivity contribution in [2.45, 2.75) is 57.5 Å². The zero-order chi connectivity index (χ0) is 17.1. The lowest BCUT2D eigenvalue weighted by Gasteiger charge is -2.30. The molecule has 0 aromatic rings. The molecule has 0 atom stereocenters. The Morgan fingerprint density at radius 3 is 2.44 bits per heavy atom. The van der Waals surface area contributed by atoms with Gasteiger partial charge in [-0.2, -0.15) is 0 Å². The van der Waals surface area contributed by atoms with Crippen LogP contribution in [0.4, 0.5) is 0 Å². The van der Waals surface area contributed by atoms with Crippen LogP contribution in [0.1, 0.15) is 51.9 Å². The average molecular weight is 468 g/mol. The first-order valence-corrected chi connectivity index (χ1v) is 9.76. The molecule has 0 saturated carbocycles. The number of guanidine groups is 1. The highest BCUT2D eigenvalue weighted by Crippen LogP contribution is 2.20. The van der Waals surface area contributed by atoms with Gasteiger partial charge in [0.15, 0.2) is 5.96 Å². The second kappa shape index (κ2) is 13.1. The maximum Gasteiger partial charge on any atom is 0.191 e. The number of hydrogen-bond donors (Lipinski definition) is 3. The number of halogens is 1. The summed E-state index contributed by atoms with van der Waals surface area (Å²) in [5.41, 5.74) is -0.702. The van der Waals surface area contributed by atoms with Crippen molar-refractivity contribution in [3.05, 3.63) is 0 Å². The molecule has 148 valence electrons. The number of nitrogens with one attached hydrogen (secondary N) is 2. The van der Waals surface area contributed by atoms with Gasteiger partial charge in [0, 0.05) is 39.1 Å². The molecule has 0 amide bonds. The van der Waals surface area contributed by atoms with Crippen LogP contribution >= 0.6 is 24.0 Å². The van der Waals surface area contributed by atoms with Gasteiger partial charge >= 0.3 is 0 Å². The smallest absolute Gasteiger partial charge is 0.191 e. The van der Waals surface area contributed by atoms with Crippen LogP contribution in [0, 0.1) is 0 Å². The van der Waals surface area contributed by atoms with Crippen LogP contribution in [-0.4, -0.2) is 74.0 Å². The molecular weight excluding hydrogens is 431 g/mol. The summed E-state index contributed by atoms with van der Waals surface area (Å²) in [7, 11) is 0. The van der Waals surface area contributed by atoms with Gasteiger partial charge in [0.05, 0.1) is 12.1 Å². The van der Waals surface area contributed by atoms with E-state index in [1.54, 1.807) is 0 Å². The van der Waals surface area contributed by atoms with Crippen molar-refractivity contribution in [3.8, 4) is 0 Å². The number of hydrogen-bond acceptors (Lipinski definition) is 4. The Bertz CT molecular complexity index is 368. The van der Waals surface area contributed by atoms with E-state index in [1.165, 1.54) is 38.8 Å². The second-order valence-electron chi connectivity index (χ2n) is 7.07. The lowest BCUT2D eigenvalue weighted by Crippen LogP contribution is -2.43. The van der Waals surface area contributed by atoms with Crippen molar-refractivity contribution in [2.24, 2.45) is 4.99 Å². The molecule has 6 nitrogen and oxygen atoms in total.